The predicted octanol–water partition coefficient (Wildman–Crippen LogP) is 5.06. The summed E-state index contributed by atoms with van der Waals surface area (Å²) in [7, 11) is -3.66. The van der Waals surface area contributed by atoms with E-state index in [9.17, 15) is 12.8 Å². The van der Waals surface area contributed by atoms with Gasteiger partial charge in [-0.05, 0) is 62.4 Å². The van der Waals surface area contributed by atoms with E-state index in [0.717, 1.165) is 41.5 Å². The van der Waals surface area contributed by atoms with Crippen molar-refractivity contribution in [2.75, 3.05) is 6.54 Å². The van der Waals surface area contributed by atoms with Crippen LogP contribution in [0.15, 0.2) is 41.3 Å². The molecular formula is C21H26FNO2S. The first-order valence-corrected chi connectivity index (χ1v) is 10.6. The average molecular weight is 376 g/mol. The molecule has 0 spiro atoms. The average Bonchev–Trinajstić information content (AvgIpc) is 2.80. The zero-order valence-corrected chi connectivity index (χ0v) is 16.4. The fourth-order valence-corrected chi connectivity index (χ4v) is 6.21. The number of hydrogen-bond donors (Lipinski definition) is 0. The fraction of sp³-hybridized carbons (Fsp3) is 0.429. The van der Waals surface area contributed by atoms with Crippen LogP contribution in [0.5, 0.6) is 0 Å². The van der Waals surface area contributed by atoms with Crippen molar-refractivity contribution in [2.24, 2.45) is 0 Å². The van der Waals surface area contributed by atoms with Crippen molar-refractivity contribution in [3.05, 3.63) is 64.5 Å². The molecule has 0 bridgehead atoms. The van der Waals surface area contributed by atoms with Crippen LogP contribution in [0.4, 0.5) is 4.39 Å². The Labute approximate surface area is 155 Å². The van der Waals surface area contributed by atoms with Crippen LogP contribution in [-0.2, 0) is 10.0 Å². The monoisotopic (exact) mass is 375 g/mol. The molecule has 26 heavy (non-hydrogen) atoms. The lowest BCUT2D eigenvalue weighted by Gasteiger charge is -2.31. The summed E-state index contributed by atoms with van der Waals surface area (Å²) in [5.74, 6) is -0.327. The van der Waals surface area contributed by atoms with Gasteiger partial charge in [-0.3, -0.25) is 0 Å². The van der Waals surface area contributed by atoms with Gasteiger partial charge in [-0.1, -0.05) is 42.7 Å². The second-order valence-corrected chi connectivity index (χ2v) is 9.09. The third kappa shape index (κ3) is 3.69. The Hall–Kier alpha value is -1.72. The van der Waals surface area contributed by atoms with Crippen molar-refractivity contribution in [3.8, 4) is 0 Å². The molecule has 0 N–H and O–H groups in total. The fourth-order valence-electron chi connectivity index (χ4n) is 4.11. The zero-order chi connectivity index (χ0) is 18.9. The van der Waals surface area contributed by atoms with E-state index in [1.807, 2.05) is 39.0 Å². The van der Waals surface area contributed by atoms with Gasteiger partial charge in [0.1, 0.15) is 5.82 Å². The first-order chi connectivity index (χ1) is 12.3. The molecule has 1 heterocycles. The highest BCUT2D eigenvalue weighted by molar-refractivity contribution is 7.89. The number of hydrogen-bond acceptors (Lipinski definition) is 2. The second kappa shape index (κ2) is 7.49. The Morgan fingerprint density at radius 2 is 1.69 bits per heavy atom. The van der Waals surface area contributed by atoms with Crippen LogP contribution in [0.3, 0.4) is 0 Å². The Morgan fingerprint density at radius 1 is 1.00 bits per heavy atom. The molecule has 0 aromatic heterocycles. The summed E-state index contributed by atoms with van der Waals surface area (Å²) in [6.07, 6.45) is 3.48. The summed E-state index contributed by atoms with van der Waals surface area (Å²) in [5.41, 5.74) is 3.32. The highest BCUT2D eigenvalue weighted by atomic mass is 32.2. The van der Waals surface area contributed by atoms with Crippen molar-refractivity contribution < 1.29 is 12.8 Å². The molecule has 0 radical (unpaired) electrons. The van der Waals surface area contributed by atoms with E-state index in [4.69, 9.17) is 0 Å². The van der Waals surface area contributed by atoms with E-state index < -0.39 is 10.0 Å². The lowest BCUT2D eigenvalue weighted by atomic mass is 10.0. The van der Waals surface area contributed by atoms with Gasteiger partial charge in [-0.2, -0.15) is 4.31 Å². The molecule has 140 valence electrons. The van der Waals surface area contributed by atoms with Gasteiger partial charge in [-0.25, -0.2) is 12.8 Å². The van der Waals surface area contributed by atoms with Gasteiger partial charge in [-0.15, -0.1) is 0 Å². The lowest BCUT2D eigenvalue weighted by Crippen LogP contribution is -2.35. The minimum Gasteiger partial charge on any atom is -0.207 e. The number of aryl methyl sites for hydroxylation is 3. The number of halogens is 1. The van der Waals surface area contributed by atoms with Crippen molar-refractivity contribution in [1.29, 1.82) is 0 Å². The first kappa shape index (κ1) is 19.1. The van der Waals surface area contributed by atoms with E-state index in [1.165, 1.54) is 12.1 Å². The van der Waals surface area contributed by atoms with Crippen LogP contribution in [0.1, 0.15) is 54.0 Å². The van der Waals surface area contributed by atoms with Gasteiger partial charge in [0.25, 0.3) is 0 Å². The van der Waals surface area contributed by atoms with Crippen molar-refractivity contribution in [3.63, 3.8) is 0 Å². The Morgan fingerprint density at radius 3 is 2.35 bits per heavy atom. The molecule has 1 atom stereocenters. The Balaban J connectivity index is 2.11. The zero-order valence-electron chi connectivity index (χ0n) is 15.6. The maximum Gasteiger partial charge on any atom is 0.244 e. The molecule has 1 aliphatic rings. The smallest absolute Gasteiger partial charge is 0.207 e. The van der Waals surface area contributed by atoms with Gasteiger partial charge in [0.2, 0.25) is 10.0 Å². The molecule has 3 nitrogen and oxygen atoms in total. The summed E-state index contributed by atoms with van der Waals surface area (Å²) in [6, 6.07) is 9.85. The highest BCUT2D eigenvalue weighted by Gasteiger charge is 2.35. The molecule has 0 saturated carbocycles. The molecule has 1 saturated heterocycles. The van der Waals surface area contributed by atoms with Crippen LogP contribution >= 0.6 is 0 Å². The molecular weight excluding hydrogens is 349 g/mol. The standard InChI is InChI=1S/C21H26FNO2S/c1-15-12-16(2)21(17(3)13-15)26(24,25)23-11-6-4-5-10-20(23)18-8-7-9-19(22)14-18/h7-9,12-14,20H,4-6,10-11H2,1-3H3/t20-/m0/s1. The van der Waals surface area contributed by atoms with E-state index in [2.05, 4.69) is 0 Å². The van der Waals surface area contributed by atoms with E-state index in [1.54, 1.807) is 10.4 Å². The maximum atomic E-state index is 13.8. The summed E-state index contributed by atoms with van der Waals surface area (Å²) in [5, 5.41) is 0. The van der Waals surface area contributed by atoms with Crippen LogP contribution in [-0.4, -0.2) is 19.3 Å². The summed E-state index contributed by atoms with van der Waals surface area (Å²) >= 11 is 0. The number of sulfonamides is 1. The van der Waals surface area contributed by atoms with Gasteiger partial charge in [0.05, 0.1) is 10.9 Å². The van der Waals surface area contributed by atoms with E-state index in [-0.39, 0.29) is 11.9 Å². The van der Waals surface area contributed by atoms with Crippen LogP contribution < -0.4 is 0 Å². The van der Waals surface area contributed by atoms with Gasteiger partial charge in [0.15, 0.2) is 0 Å². The minimum atomic E-state index is -3.66. The van der Waals surface area contributed by atoms with E-state index in [0.29, 0.717) is 17.9 Å². The number of benzene rings is 2. The van der Waals surface area contributed by atoms with Crippen LogP contribution in [0.2, 0.25) is 0 Å². The molecule has 2 aromatic carbocycles. The largest absolute Gasteiger partial charge is 0.244 e. The highest BCUT2D eigenvalue weighted by Crippen LogP contribution is 2.36. The quantitative estimate of drug-likeness (QED) is 0.752. The molecule has 1 aliphatic heterocycles. The number of rotatable bonds is 3. The normalized spacial score (nSPS) is 19.3. The third-order valence-corrected chi connectivity index (χ3v) is 7.32. The van der Waals surface area contributed by atoms with Crippen LogP contribution in [0.25, 0.3) is 0 Å². The third-order valence-electron chi connectivity index (χ3n) is 5.11. The SMILES string of the molecule is Cc1cc(C)c(S(=O)(=O)N2CCCCC[C@H]2c2cccc(F)c2)c(C)c1. The Bertz CT molecular complexity index is 885. The maximum absolute atomic E-state index is 13.8. The Kier molecular flexibility index (Phi) is 5.49. The topological polar surface area (TPSA) is 37.4 Å². The molecule has 0 unspecified atom stereocenters. The van der Waals surface area contributed by atoms with Crippen LogP contribution in [0, 0.1) is 26.6 Å². The van der Waals surface area contributed by atoms with Crippen molar-refractivity contribution in [1.82, 2.24) is 4.31 Å². The van der Waals surface area contributed by atoms with E-state index >= 15 is 0 Å². The summed E-state index contributed by atoms with van der Waals surface area (Å²) in [6.45, 7) is 6.14. The van der Waals surface area contributed by atoms with Gasteiger partial charge < -0.3 is 0 Å². The van der Waals surface area contributed by atoms with Gasteiger partial charge in [0, 0.05) is 6.54 Å². The predicted molar refractivity (Wildman–Crippen MR) is 102 cm³/mol. The molecule has 3 rings (SSSR count). The summed E-state index contributed by atoms with van der Waals surface area (Å²) < 4.78 is 42.6. The molecule has 5 heteroatoms. The lowest BCUT2D eigenvalue weighted by molar-refractivity contribution is 0.327. The van der Waals surface area contributed by atoms with Crippen molar-refractivity contribution >= 4 is 10.0 Å². The molecule has 0 aliphatic carbocycles. The molecule has 1 fully saturated rings. The second-order valence-electron chi connectivity index (χ2n) is 7.26. The van der Waals surface area contributed by atoms with Gasteiger partial charge >= 0.3 is 0 Å². The first-order valence-electron chi connectivity index (χ1n) is 9.16. The minimum absolute atomic E-state index is 0.321. The molecule has 2 aromatic rings. The molecule has 0 amide bonds. The summed E-state index contributed by atoms with van der Waals surface area (Å²) in [4.78, 5) is 0.395. The van der Waals surface area contributed by atoms with Crippen molar-refractivity contribution in [2.45, 2.75) is 57.4 Å². The number of nitrogens with zero attached hydrogens (tertiary/aromatic N) is 1.